The van der Waals surface area contributed by atoms with Gasteiger partial charge in [-0.05, 0) is 79.9 Å². The predicted molar refractivity (Wildman–Crippen MR) is 139 cm³/mol. The third kappa shape index (κ3) is 8.06. The lowest BCUT2D eigenvalue weighted by atomic mass is 10.1. The van der Waals surface area contributed by atoms with Crippen molar-refractivity contribution in [3.63, 3.8) is 0 Å². The summed E-state index contributed by atoms with van der Waals surface area (Å²) in [6, 6.07) is 8.40. The zero-order chi connectivity index (χ0) is 25.8. The Balaban J connectivity index is 1.91. The number of hydrogen-bond acceptors (Lipinski definition) is 7. The molecule has 4 bridgehead atoms. The van der Waals surface area contributed by atoms with Crippen molar-refractivity contribution in [3.8, 4) is 28.7 Å². The lowest BCUT2D eigenvalue weighted by Crippen LogP contribution is -2.27. The molecule has 4 N–H and O–H groups in total. The van der Waals surface area contributed by atoms with Gasteiger partial charge in [-0.25, -0.2) is 0 Å². The van der Waals surface area contributed by atoms with Crippen molar-refractivity contribution in [1.82, 2.24) is 16.0 Å². The Hall–Kier alpha value is -3.98. The van der Waals surface area contributed by atoms with Crippen LogP contribution >= 0.6 is 0 Å². The number of aromatic hydroxyl groups is 1. The minimum absolute atomic E-state index is 0.123. The largest absolute Gasteiger partial charge is 0.502 e. The molecule has 0 aliphatic carbocycles. The Morgan fingerprint density at radius 3 is 2.06 bits per heavy atom. The van der Waals surface area contributed by atoms with Crippen LogP contribution in [0.2, 0.25) is 0 Å². The SMILES string of the molecule is COc1ccc2cc1Oc1cc(cc(OC)c1O)C=CC(=O)NCCCCNCCCNC(=O)C=C2. The average molecular weight is 496 g/mol. The van der Waals surface area contributed by atoms with Gasteiger partial charge in [-0.1, -0.05) is 6.07 Å². The lowest BCUT2D eigenvalue weighted by Gasteiger charge is -2.14. The van der Waals surface area contributed by atoms with Gasteiger partial charge in [0.05, 0.1) is 14.2 Å². The van der Waals surface area contributed by atoms with Gasteiger partial charge in [-0.15, -0.1) is 0 Å². The monoisotopic (exact) mass is 495 g/mol. The highest BCUT2D eigenvalue weighted by Gasteiger charge is 2.15. The van der Waals surface area contributed by atoms with Crippen LogP contribution in [0, 0.1) is 0 Å². The van der Waals surface area contributed by atoms with E-state index in [4.69, 9.17) is 14.2 Å². The third-order valence-corrected chi connectivity index (χ3v) is 5.45. The van der Waals surface area contributed by atoms with Crippen molar-refractivity contribution >= 4 is 24.0 Å². The molecule has 0 saturated heterocycles. The molecular formula is C27H33N3O6. The second kappa shape index (κ2) is 13.8. The molecule has 9 heteroatoms. The van der Waals surface area contributed by atoms with Crippen LogP contribution in [0.15, 0.2) is 42.5 Å². The van der Waals surface area contributed by atoms with Gasteiger partial charge in [0.25, 0.3) is 0 Å². The van der Waals surface area contributed by atoms with E-state index >= 15 is 0 Å². The zero-order valence-electron chi connectivity index (χ0n) is 20.6. The van der Waals surface area contributed by atoms with Crippen LogP contribution < -0.4 is 30.2 Å². The molecule has 1 aliphatic heterocycles. The second-order valence-electron chi connectivity index (χ2n) is 8.14. The molecule has 1 aliphatic rings. The minimum Gasteiger partial charge on any atom is -0.502 e. The first-order valence-corrected chi connectivity index (χ1v) is 11.9. The number of hydrogen-bond donors (Lipinski definition) is 4. The highest BCUT2D eigenvalue weighted by atomic mass is 16.5. The lowest BCUT2D eigenvalue weighted by molar-refractivity contribution is -0.117. The molecule has 0 fully saturated rings. The number of nitrogens with one attached hydrogen (secondary N) is 3. The molecule has 192 valence electrons. The normalized spacial score (nSPS) is 15.8. The summed E-state index contributed by atoms with van der Waals surface area (Å²) in [5.74, 6) is 0.487. The summed E-state index contributed by atoms with van der Waals surface area (Å²) in [6.45, 7) is 2.77. The Kier molecular flexibility index (Phi) is 10.2. The molecule has 0 saturated carbocycles. The van der Waals surface area contributed by atoms with Crippen LogP contribution in [-0.4, -0.2) is 57.3 Å². The molecule has 0 atom stereocenters. The van der Waals surface area contributed by atoms with Crippen molar-refractivity contribution < 1.29 is 28.9 Å². The molecule has 1 heterocycles. The van der Waals surface area contributed by atoms with Gasteiger partial charge in [0.2, 0.25) is 17.6 Å². The maximum absolute atomic E-state index is 12.2. The van der Waals surface area contributed by atoms with E-state index in [0.717, 1.165) is 32.4 Å². The van der Waals surface area contributed by atoms with Gasteiger partial charge < -0.3 is 35.3 Å². The topological polar surface area (TPSA) is 118 Å². The van der Waals surface area contributed by atoms with Gasteiger partial charge in [0.1, 0.15) is 0 Å². The summed E-state index contributed by atoms with van der Waals surface area (Å²) < 4.78 is 16.7. The maximum Gasteiger partial charge on any atom is 0.243 e. The Morgan fingerprint density at radius 1 is 0.722 bits per heavy atom. The Labute approximate surface area is 211 Å². The number of methoxy groups -OCH3 is 2. The number of ether oxygens (including phenoxy) is 3. The number of rotatable bonds is 2. The minimum atomic E-state index is -0.215. The number of phenolic OH excluding ortho intramolecular Hbond substituents is 1. The van der Waals surface area contributed by atoms with Crippen molar-refractivity contribution in [2.75, 3.05) is 40.4 Å². The fraction of sp³-hybridized carbons (Fsp3) is 0.333. The smallest absolute Gasteiger partial charge is 0.243 e. The molecule has 9 nitrogen and oxygen atoms in total. The summed E-state index contributed by atoms with van der Waals surface area (Å²) in [4.78, 5) is 24.4. The summed E-state index contributed by atoms with van der Waals surface area (Å²) in [7, 11) is 2.94. The fourth-order valence-electron chi connectivity index (χ4n) is 3.53. The van der Waals surface area contributed by atoms with Crippen molar-refractivity contribution in [2.45, 2.75) is 19.3 Å². The Morgan fingerprint density at radius 2 is 1.33 bits per heavy atom. The summed E-state index contributed by atoms with van der Waals surface area (Å²) in [6.07, 6.45) is 8.77. The summed E-state index contributed by atoms with van der Waals surface area (Å²) >= 11 is 0. The van der Waals surface area contributed by atoms with Gasteiger partial charge >= 0.3 is 0 Å². The van der Waals surface area contributed by atoms with E-state index in [1.807, 2.05) is 0 Å². The fourth-order valence-corrected chi connectivity index (χ4v) is 3.53. The van der Waals surface area contributed by atoms with E-state index in [2.05, 4.69) is 16.0 Å². The summed E-state index contributed by atoms with van der Waals surface area (Å²) in [5, 5.41) is 19.7. The van der Waals surface area contributed by atoms with Crippen LogP contribution in [0.5, 0.6) is 28.7 Å². The molecule has 2 aromatic carbocycles. The van der Waals surface area contributed by atoms with Crippen LogP contribution in [0.3, 0.4) is 0 Å². The first kappa shape index (κ1) is 26.6. The maximum atomic E-state index is 12.2. The van der Waals surface area contributed by atoms with Crippen LogP contribution in [0.1, 0.15) is 30.4 Å². The van der Waals surface area contributed by atoms with Gasteiger partial charge in [0, 0.05) is 25.2 Å². The zero-order valence-corrected chi connectivity index (χ0v) is 20.6. The number of carbonyl (C=O) groups is 2. The standard InChI is InChI=1S/C27H33N3O6/c1-34-21-9-6-19-7-10-25(31)30-15-5-13-28-12-3-4-14-29-26(32)11-8-20-17-23(35-2)27(33)24(18-20)36-22(21)16-19/h6-11,16-18,28,33H,3-5,12-15H2,1-2H3,(H,29,32)(H,30,31). The highest BCUT2D eigenvalue weighted by molar-refractivity contribution is 5.92. The van der Waals surface area contributed by atoms with Gasteiger partial charge in [-0.2, -0.15) is 0 Å². The summed E-state index contributed by atoms with van der Waals surface area (Å²) in [5.41, 5.74) is 1.31. The number of amides is 2. The van der Waals surface area contributed by atoms with Crippen LogP contribution in [0.4, 0.5) is 0 Å². The number of benzene rings is 2. The number of phenols is 1. The van der Waals surface area contributed by atoms with Gasteiger partial charge in [0.15, 0.2) is 23.0 Å². The van der Waals surface area contributed by atoms with Gasteiger partial charge in [-0.3, -0.25) is 9.59 Å². The molecule has 0 spiro atoms. The van der Waals surface area contributed by atoms with Crippen LogP contribution in [0.25, 0.3) is 12.2 Å². The van der Waals surface area contributed by atoms with E-state index in [1.165, 1.54) is 26.4 Å². The average Bonchev–Trinajstić information content (AvgIpc) is 2.88. The van der Waals surface area contributed by atoms with Crippen molar-refractivity contribution in [3.05, 3.63) is 53.6 Å². The molecular weight excluding hydrogens is 462 g/mol. The molecule has 0 radical (unpaired) electrons. The van der Waals surface area contributed by atoms with Crippen molar-refractivity contribution in [1.29, 1.82) is 0 Å². The first-order chi connectivity index (χ1) is 17.5. The van der Waals surface area contributed by atoms with Crippen molar-refractivity contribution in [2.24, 2.45) is 0 Å². The molecule has 2 aromatic rings. The van der Waals surface area contributed by atoms with E-state index in [9.17, 15) is 14.7 Å². The predicted octanol–water partition coefficient (Wildman–Crippen LogP) is 3.23. The van der Waals surface area contributed by atoms with E-state index < -0.39 is 0 Å². The molecule has 0 unspecified atom stereocenters. The van der Waals surface area contributed by atoms with E-state index in [1.54, 1.807) is 42.5 Å². The second-order valence-corrected chi connectivity index (χ2v) is 8.14. The molecule has 3 rings (SSSR count). The van der Waals surface area contributed by atoms with E-state index in [-0.39, 0.29) is 29.1 Å². The molecule has 2 amide bonds. The highest BCUT2D eigenvalue weighted by Crippen LogP contribution is 2.42. The first-order valence-electron chi connectivity index (χ1n) is 11.9. The molecule has 36 heavy (non-hydrogen) atoms. The van der Waals surface area contributed by atoms with Crippen LogP contribution in [-0.2, 0) is 9.59 Å². The third-order valence-electron chi connectivity index (χ3n) is 5.45. The number of carbonyl (C=O) groups excluding carboxylic acids is 2. The Bertz CT molecular complexity index is 1110. The molecule has 0 aromatic heterocycles. The number of fused-ring (bicyclic) bond motifs is 4. The quantitative estimate of drug-likeness (QED) is 0.505. The van der Waals surface area contributed by atoms with E-state index in [0.29, 0.717) is 35.7 Å².